The van der Waals surface area contributed by atoms with Gasteiger partial charge < -0.3 is 9.67 Å². The van der Waals surface area contributed by atoms with E-state index in [2.05, 4.69) is 15.1 Å². The van der Waals surface area contributed by atoms with Crippen LogP contribution in [0.15, 0.2) is 42.9 Å². The van der Waals surface area contributed by atoms with E-state index in [4.69, 9.17) is 0 Å². The van der Waals surface area contributed by atoms with E-state index in [-0.39, 0.29) is 18.5 Å². The van der Waals surface area contributed by atoms with Gasteiger partial charge in [0.05, 0.1) is 24.7 Å². The normalized spacial score (nSPS) is 17.9. The molecule has 0 amide bonds. The summed E-state index contributed by atoms with van der Waals surface area (Å²) in [7, 11) is 0. The van der Waals surface area contributed by atoms with Crippen LogP contribution in [0.1, 0.15) is 46.4 Å². The second kappa shape index (κ2) is 8.57. The van der Waals surface area contributed by atoms with E-state index < -0.39 is 29.5 Å². The molecule has 6 nitrogen and oxygen atoms in total. The first-order valence-electron chi connectivity index (χ1n) is 10.9. The molecule has 34 heavy (non-hydrogen) atoms. The van der Waals surface area contributed by atoms with E-state index in [1.807, 2.05) is 48.9 Å². The lowest BCUT2D eigenvalue weighted by Crippen LogP contribution is -2.29. The van der Waals surface area contributed by atoms with Crippen LogP contribution in [-0.2, 0) is 6.54 Å². The van der Waals surface area contributed by atoms with Gasteiger partial charge in [0.15, 0.2) is 23.3 Å². The summed E-state index contributed by atoms with van der Waals surface area (Å²) in [5.41, 5.74) is 4.20. The fourth-order valence-corrected chi connectivity index (χ4v) is 4.34. The average molecular weight is 465 g/mol. The summed E-state index contributed by atoms with van der Waals surface area (Å²) in [6.45, 7) is 4.17. The topological polar surface area (TPSA) is 68.8 Å². The van der Waals surface area contributed by atoms with E-state index >= 15 is 0 Å². The molecule has 4 aromatic rings. The van der Waals surface area contributed by atoms with Crippen LogP contribution < -0.4 is 0 Å². The van der Waals surface area contributed by atoms with Crippen LogP contribution in [0.25, 0.3) is 17.8 Å². The molecule has 2 atom stereocenters. The highest BCUT2D eigenvalue weighted by molar-refractivity contribution is 5.68. The Hall–Kier alpha value is -3.72. The number of hydrogen-bond acceptors (Lipinski definition) is 4. The number of imidazole rings is 1. The van der Waals surface area contributed by atoms with Crippen molar-refractivity contribution in [1.82, 2.24) is 24.3 Å². The number of rotatable bonds is 4. The van der Waals surface area contributed by atoms with E-state index in [1.54, 1.807) is 12.4 Å². The molecule has 3 heterocycles. The van der Waals surface area contributed by atoms with Crippen LogP contribution in [-0.4, -0.2) is 35.5 Å². The maximum Gasteiger partial charge on any atom is 0.194 e. The van der Waals surface area contributed by atoms with Crippen LogP contribution in [0.5, 0.6) is 0 Å². The van der Waals surface area contributed by atoms with Crippen molar-refractivity contribution in [2.24, 2.45) is 0 Å². The maximum absolute atomic E-state index is 13.8. The van der Waals surface area contributed by atoms with Gasteiger partial charge >= 0.3 is 0 Å². The Balaban J connectivity index is 1.43. The van der Waals surface area contributed by atoms with Crippen molar-refractivity contribution in [3.63, 3.8) is 0 Å². The zero-order valence-corrected chi connectivity index (χ0v) is 18.6. The van der Waals surface area contributed by atoms with Gasteiger partial charge in [0.1, 0.15) is 5.82 Å². The fraction of sp³-hybridized carbons (Fsp3) is 0.240. The van der Waals surface area contributed by atoms with Crippen LogP contribution in [0.2, 0.25) is 0 Å². The molecule has 0 radical (unpaired) electrons. The zero-order valence-electron chi connectivity index (χ0n) is 18.6. The van der Waals surface area contributed by atoms with Gasteiger partial charge in [0.25, 0.3) is 0 Å². The summed E-state index contributed by atoms with van der Waals surface area (Å²) in [4.78, 5) is 8.80. The third-order valence-corrected chi connectivity index (χ3v) is 5.96. The van der Waals surface area contributed by atoms with Gasteiger partial charge in [-0.15, -0.1) is 0 Å². The second-order valence-corrected chi connectivity index (χ2v) is 8.55. The van der Waals surface area contributed by atoms with Gasteiger partial charge in [-0.1, -0.05) is 12.1 Å². The minimum atomic E-state index is -1.52. The summed E-state index contributed by atoms with van der Waals surface area (Å²) in [6.07, 6.45) is 6.79. The third kappa shape index (κ3) is 4.14. The monoisotopic (exact) mass is 465 g/mol. The zero-order chi connectivity index (χ0) is 24.0. The highest BCUT2D eigenvalue weighted by atomic mass is 19.2. The Morgan fingerprint density at radius 2 is 1.82 bits per heavy atom. The molecule has 0 bridgehead atoms. The molecule has 174 valence electrons. The Kier molecular flexibility index (Phi) is 5.57. The van der Waals surface area contributed by atoms with Crippen molar-refractivity contribution >= 4 is 12.2 Å². The number of aliphatic hydroxyl groups excluding tert-OH is 1. The molecule has 0 saturated carbocycles. The molecule has 0 spiro atoms. The van der Waals surface area contributed by atoms with Gasteiger partial charge in [-0.3, -0.25) is 0 Å². The van der Waals surface area contributed by atoms with E-state index in [1.165, 1.54) is 4.68 Å². The molecule has 0 unspecified atom stereocenters. The molecular formula is C25H22F3N5O. The summed E-state index contributed by atoms with van der Waals surface area (Å²) < 4.78 is 44.6. The van der Waals surface area contributed by atoms with Crippen molar-refractivity contribution < 1.29 is 18.3 Å². The number of fused-ring (bicyclic) bond motifs is 1. The first kappa shape index (κ1) is 22.1. The van der Waals surface area contributed by atoms with Crippen molar-refractivity contribution in [2.75, 3.05) is 0 Å². The fourth-order valence-electron chi connectivity index (χ4n) is 4.34. The molecule has 5 rings (SSSR count). The van der Waals surface area contributed by atoms with Gasteiger partial charge in [-0.2, -0.15) is 5.10 Å². The van der Waals surface area contributed by atoms with Gasteiger partial charge in [-0.05, 0) is 67.3 Å². The minimum absolute atomic E-state index is 0.209. The van der Waals surface area contributed by atoms with Crippen molar-refractivity contribution in [3.05, 3.63) is 94.3 Å². The summed E-state index contributed by atoms with van der Waals surface area (Å²) >= 11 is 0. The molecule has 0 fully saturated rings. The molecular weight excluding hydrogens is 443 g/mol. The van der Waals surface area contributed by atoms with Crippen LogP contribution >= 0.6 is 0 Å². The lowest BCUT2D eigenvalue weighted by molar-refractivity contribution is 0.117. The lowest BCUT2D eigenvalue weighted by atomic mass is 9.89. The number of halogens is 3. The average Bonchev–Trinajstić information content (AvgIpc) is 3.41. The third-order valence-electron chi connectivity index (χ3n) is 5.96. The first-order valence-corrected chi connectivity index (χ1v) is 10.9. The molecule has 2 aromatic heterocycles. The molecule has 0 aliphatic carbocycles. The first-order chi connectivity index (χ1) is 16.3. The molecule has 1 N–H and O–H groups in total. The molecule has 1 aliphatic rings. The molecule has 1 aliphatic heterocycles. The van der Waals surface area contributed by atoms with Crippen LogP contribution in [0.4, 0.5) is 13.2 Å². The smallest absolute Gasteiger partial charge is 0.194 e. The largest absolute Gasteiger partial charge is 0.391 e. The Morgan fingerprint density at radius 1 is 1.06 bits per heavy atom. The summed E-state index contributed by atoms with van der Waals surface area (Å²) in [5, 5.41) is 14.7. The SMILES string of the molecule is Cc1cn(-c2ccc(/C=C/c3nc4n(n3)C[C@H](O)C[C@H]4c3cc(F)c(F)c(F)c3)cc2C)cn1. The van der Waals surface area contributed by atoms with E-state index in [9.17, 15) is 18.3 Å². The quantitative estimate of drug-likeness (QED) is 0.449. The van der Waals surface area contributed by atoms with Crippen LogP contribution in [0.3, 0.4) is 0 Å². The number of benzene rings is 2. The van der Waals surface area contributed by atoms with Gasteiger partial charge in [0.2, 0.25) is 0 Å². The minimum Gasteiger partial charge on any atom is -0.391 e. The number of hydrogen-bond donors (Lipinski definition) is 1. The highest BCUT2D eigenvalue weighted by Gasteiger charge is 2.31. The summed E-state index contributed by atoms with van der Waals surface area (Å²) in [5.74, 6) is -3.80. The molecule has 9 heteroatoms. The van der Waals surface area contributed by atoms with Crippen molar-refractivity contribution in [3.8, 4) is 5.69 Å². The standard InChI is InChI=1S/C25H22F3N5O/c1-14-7-16(3-5-22(14)32-11-15(2)29-13-32)4-6-23-30-25-19(10-18(34)12-33(25)31-23)17-8-20(26)24(28)21(27)9-17/h3-9,11,13,18-19,34H,10,12H2,1-2H3/b6-4+/t18-,19+/m1/s1. The van der Waals surface area contributed by atoms with E-state index in [0.717, 1.165) is 34.6 Å². The Bertz CT molecular complexity index is 1380. The predicted octanol–water partition coefficient (Wildman–Crippen LogP) is 4.56. The number of nitrogens with zero attached hydrogens (tertiary/aromatic N) is 5. The highest BCUT2D eigenvalue weighted by Crippen LogP contribution is 2.34. The van der Waals surface area contributed by atoms with Gasteiger partial charge in [-0.25, -0.2) is 27.8 Å². The number of aryl methyl sites for hydroxylation is 2. The molecule has 0 saturated heterocycles. The maximum atomic E-state index is 13.8. The van der Waals surface area contributed by atoms with Gasteiger partial charge in [0, 0.05) is 17.8 Å². The van der Waals surface area contributed by atoms with Crippen molar-refractivity contribution in [2.45, 2.75) is 38.8 Å². The molecule has 2 aromatic carbocycles. The Labute approximate surface area is 194 Å². The van der Waals surface area contributed by atoms with Crippen molar-refractivity contribution in [1.29, 1.82) is 0 Å². The second-order valence-electron chi connectivity index (χ2n) is 8.55. The number of aliphatic hydroxyl groups is 1. The lowest BCUT2D eigenvalue weighted by Gasteiger charge is -2.26. The Morgan fingerprint density at radius 3 is 2.50 bits per heavy atom. The van der Waals surface area contributed by atoms with E-state index in [0.29, 0.717) is 11.6 Å². The summed E-state index contributed by atoms with van der Waals surface area (Å²) in [6, 6.07) is 7.91. The number of aromatic nitrogens is 5. The van der Waals surface area contributed by atoms with Crippen LogP contribution in [0, 0.1) is 31.3 Å². The predicted molar refractivity (Wildman–Crippen MR) is 121 cm³/mol.